The van der Waals surface area contributed by atoms with Crippen molar-refractivity contribution in [1.82, 2.24) is 4.90 Å². The van der Waals surface area contributed by atoms with Crippen molar-refractivity contribution in [1.29, 1.82) is 0 Å². The largest absolute Gasteiger partial charge is 0.444 e. The topological polar surface area (TPSA) is 38.8 Å². The minimum absolute atomic E-state index is 0.0182. The summed E-state index contributed by atoms with van der Waals surface area (Å²) >= 11 is 0. The Morgan fingerprint density at radius 1 is 1.50 bits per heavy atom. The van der Waals surface area contributed by atoms with E-state index in [0.717, 1.165) is 25.8 Å². The second-order valence-electron chi connectivity index (χ2n) is 4.05. The standard InChI is InChI=1S/C10H17NO3/c1-8-3-2-5-11(8)10(12)14-9-4-6-13-7-9/h8-9H,2-7H2,1H3. The smallest absolute Gasteiger partial charge is 0.410 e. The molecule has 0 aromatic rings. The second-order valence-corrected chi connectivity index (χ2v) is 4.05. The van der Waals surface area contributed by atoms with Gasteiger partial charge in [0.05, 0.1) is 13.2 Å². The van der Waals surface area contributed by atoms with Gasteiger partial charge in [-0.15, -0.1) is 0 Å². The number of ether oxygens (including phenoxy) is 2. The van der Waals surface area contributed by atoms with Crippen molar-refractivity contribution in [2.45, 2.75) is 38.3 Å². The Kier molecular flexibility index (Phi) is 2.91. The van der Waals surface area contributed by atoms with Gasteiger partial charge >= 0.3 is 6.09 Å². The average molecular weight is 199 g/mol. The van der Waals surface area contributed by atoms with E-state index in [0.29, 0.717) is 19.3 Å². The molecule has 2 aliphatic rings. The van der Waals surface area contributed by atoms with E-state index in [1.54, 1.807) is 0 Å². The number of carbonyl (C=O) groups is 1. The van der Waals surface area contributed by atoms with Crippen LogP contribution in [0.5, 0.6) is 0 Å². The van der Waals surface area contributed by atoms with Crippen LogP contribution in [0.1, 0.15) is 26.2 Å². The van der Waals surface area contributed by atoms with Crippen molar-refractivity contribution in [2.24, 2.45) is 0 Å². The number of hydrogen-bond acceptors (Lipinski definition) is 3. The molecule has 0 aromatic carbocycles. The first kappa shape index (κ1) is 9.77. The molecule has 2 atom stereocenters. The molecule has 0 bridgehead atoms. The van der Waals surface area contributed by atoms with Gasteiger partial charge in [-0.05, 0) is 19.8 Å². The summed E-state index contributed by atoms with van der Waals surface area (Å²) in [5.41, 5.74) is 0. The van der Waals surface area contributed by atoms with Crippen LogP contribution >= 0.6 is 0 Å². The number of carbonyl (C=O) groups excluding carboxylic acids is 1. The summed E-state index contributed by atoms with van der Waals surface area (Å²) in [5.74, 6) is 0. The van der Waals surface area contributed by atoms with Crippen molar-refractivity contribution in [2.75, 3.05) is 19.8 Å². The fraction of sp³-hybridized carbons (Fsp3) is 0.900. The maximum Gasteiger partial charge on any atom is 0.410 e. The molecule has 2 heterocycles. The summed E-state index contributed by atoms with van der Waals surface area (Å²) in [5, 5.41) is 0. The predicted molar refractivity (Wildman–Crippen MR) is 51.1 cm³/mol. The Labute approximate surface area is 84.2 Å². The van der Waals surface area contributed by atoms with Crippen LogP contribution < -0.4 is 0 Å². The lowest BCUT2D eigenvalue weighted by molar-refractivity contribution is 0.0533. The molecule has 2 saturated heterocycles. The van der Waals surface area contributed by atoms with Crippen LogP contribution in [0, 0.1) is 0 Å². The van der Waals surface area contributed by atoms with Gasteiger partial charge < -0.3 is 14.4 Å². The highest BCUT2D eigenvalue weighted by molar-refractivity contribution is 5.68. The summed E-state index contributed by atoms with van der Waals surface area (Å²) in [4.78, 5) is 13.5. The van der Waals surface area contributed by atoms with Gasteiger partial charge in [0.15, 0.2) is 0 Å². The van der Waals surface area contributed by atoms with Gasteiger partial charge in [0.2, 0.25) is 0 Å². The highest BCUT2D eigenvalue weighted by Gasteiger charge is 2.29. The van der Waals surface area contributed by atoms with Gasteiger partial charge in [-0.1, -0.05) is 0 Å². The van der Waals surface area contributed by atoms with Crippen molar-refractivity contribution in [3.05, 3.63) is 0 Å². The maximum atomic E-state index is 11.7. The zero-order valence-electron chi connectivity index (χ0n) is 8.57. The fourth-order valence-electron chi connectivity index (χ4n) is 2.02. The SMILES string of the molecule is CC1CCCN1C(=O)OC1CCOC1. The average Bonchev–Trinajstić information content (AvgIpc) is 2.75. The summed E-state index contributed by atoms with van der Waals surface area (Å²) in [6, 6.07) is 0.338. The number of rotatable bonds is 1. The molecule has 1 amide bonds. The lowest BCUT2D eigenvalue weighted by atomic mass is 10.2. The molecular formula is C10H17NO3. The lowest BCUT2D eigenvalue weighted by Gasteiger charge is -2.22. The van der Waals surface area contributed by atoms with Crippen molar-refractivity contribution in [3.63, 3.8) is 0 Å². The summed E-state index contributed by atoms with van der Waals surface area (Å²) < 4.78 is 10.5. The van der Waals surface area contributed by atoms with Crippen LogP contribution in [0.15, 0.2) is 0 Å². The molecule has 0 saturated carbocycles. The third-order valence-electron chi connectivity index (χ3n) is 2.94. The molecule has 4 nitrogen and oxygen atoms in total. The van der Waals surface area contributed by atoms with Crippen LogP contribution in [-0.2, 0) is 9.47 Å². The molecule has 0 aliphatic carbocycles. The Bertz CT molecular complexity index is 213. The van der Waals surface area contributed by atoms with Crippen LogP contribution in [0.3, 0.4) is 0 Å². The molecule has 2 rings (SSSR count). The van der Waals surface area contributed by atoms with Crippen LogP contribution in [0.4, 0.5) is 4.79 Å². The molecule has 0 radical (unpaired) electrons. The molecule has 0 aromatic heterocycles. The quantitative estimate of drug-likeness (QED) is 0.640. The molecule has 2 aliphatic heterocycles. The Morgan fingerprint density at radius 3 is 2.93 bits per heavy atom. The number of nitrogens with zero attached hydrogens (tertiary/aromatic N) is 1. The zero-order chi connectivity index (χ0) is 9.97. The molecule has 2 unspecified atom stereocenters. The Morgan fingerprint density at radius 2 is 2.36 bits per heavy atom. The van der Waals surface area contributed by atoms with E-state index in [2.05, 4.69) is 6.92 Å². The van der Waals surface area contributed by atoms with E-state index in [4.69, 9.17) is 9.47 Å². The molecule has 80 valence electrons. The minimum atomic E-state index is -0.162. The van der Waals surface area contributed by atoms with Crippen LogP contribution in [0.25, 0.3) is 0 Å². The van der Waals surface area contributed by atoms with Gasteiger partial charge in [0.25, 0.3) is 0 Å². The van der Waals surface area contributed by atoms with Crippen molar-refractivity contribution < 1.29 is 14.3 Å². The molecule has 0 spiro atoms. The van der Waals surface area contributed by atoms with E-state index >= 15 is 0 Å². The molecule has 14 heavy (non-hydrogen) atoms. The normalized spacial score (nSPS) is 32.2. The minimum Gasteiger partial charge on any atom is -0.444 e. The van der Waals surface area contributed by atoms with E-state index in [1.807, 2.05) is 4.90 Å². The van der Waals surface area contributed by atoms with E-state index < -0.39 is 0 Å². The first-order valence-corrected chi connectivity index (χ1v) is 5.32. The highest BCUT2D eigenvalue weighted by Crippen LogP contribution is 2.19. The fourth-order valence-corrected chi connectivity index (χ4v) is 2.02. The monoisotopic (exact) mass is 199 g/mol. The summed E-state index contributed by atoms with van der Waals surface area (Å²) in [7, 11) is 0. The molecular weight excluding hydrogens is 182 g/mol. The first-order chi connectivity index (χ1) is 6.77. The molecule has 4 heteroatoms. The van der Waals surface area contributed by atoms with Gasteiger partial charge in [0.1, 0.15) is 6.10 Å². The third kappa shape index (κ3) is 2.00. The summed E-state index contributed by atoms with van der Waals surface area (Å²) in [6.07, 6.45) is 2.85. The third-order valence-corrected chi connectivity index (χ3v) is 2.94. The van der Waals surface area contributed by atoms with E-state index in [1.165, 1.54) is 0 Å². The van der Waals surface area contributed by atoms with Crippen LogP contribution in [0.2, 0.25) is 0 Å². The molecule has 0 N–H and O–H groups in total. The summed E-state index contributed by atoms with van der Waals surface area (Å²) in [6.45, 7) is 4.19. The van der Waals surface area contributed by atoms with Crippen LogP contribution in [-0.4, -0.2) is 42.9 Å². The Balaban J connectivity index is 1.82. The van der Waals surface area contributed by atoms with Crippen molar-refractivity contribution >= 4 is 6.09 Å². The lowest BCUT2D eigenvalue weighted by Crippen LogP contribution is -2.36. The Hall–Kier alpha value is -0.770. The number of likely N-dealkylation sites (tertiary alicyclic amines) is 1. The van der Waals surface area contributed by atoms with Gasteiger partial charge in [-0.25, -0.2) is 4.79 Å². The van der Waals surface area contributed by atoms with E-state index in [-0.39, 0.29) is 12.2 Å². The second kappa shape index (κ2) is 4.17. The first-order valence-electron chi connectivity index (χ1n) is 5.32. The van der Waals surface area contributed by atoms with E-state index in [9.17, 15) is 4.79 Å². The highest BCUT2D eigenvalue weighted by atomic mass is 16.6. The van der Waals surface area contributed by atoms with Crippen molar-refractivity contribution in [3.8, 4) is 0 Å². The van der Waals surface area contributed by atoms with Gasteiger partial charge in [-0.3, -0.25) is 0 Å². The maximum absolute atomic E-state index is 11.7. The zero-order valence-corrected chi connectivity index (χ0v) is 8.57. The predicted octanol–water partition coefficient (Wildman–Crippen LogP) is 1.40. The van der Waals surface area contributed by atoms with Gasteiger partial charge in [-0.2, -0.15) is 0 Å². The molecule has 2 fully saturated rings. The number of hydrogen-bond donors (Lipinski definition) is 0. The number of amides is 1. The van der Waals surface area contributed by atoms with Gasteiger partial charge in [0, 0.05) is 19.0 Å².